The van der Waals surface area contributed by atoms with E-state index in [0.717, 1.165) is 34.0 Å². The number of carbonyl (C=O) groups is 1. The Morgan fingerprint density at radius 2 is 1.91 bits per heavy atom. The van der Waals surface area contributed by atoms with Crippen molar-refractivity contribution >= 4 is 27.9 Å². The van der Waals surface area contributed by atoms with Gasteiger partial charge in [0.15, 0.2) is 0 Å². The third-order valence-corrected chi connectivity index (χ3v) is 4.42. The van der Waals surface area contributed by atoms with Gasteiger partial charge in [0.1, 0.15) is 11.2 Å². The summed E-state index contributed by atoms with van der Waals surface area (Å²) < 4.78 is 5.84. The Bertz CT molecular complexity index is 863. The average Bonchev–Trinajstić information content (AvgIpc) is 3.25. The number of hydrogen-bond acceptors (Lipinski definition) is 3. The van der Waals surface area contributed by atoms with Crippen molar-refractivity contribution in [1.82, 2.24) is 4.90 Å². The molecular weight excluding hydrogens is 290 g/mol. The average molecular weight is 309 g/mol. The van der Waals surface area contributed by atoms with Crippen LogP contribution in [0.3, 0.4) is 0 Å². The van der Waals surface area contributed by atoms with Crippen LogP contribution in [0.1, 0.15) is 18.4 Å². The van der Waals surface area contributed by atoms with Crippen LogP contribution in [0.25, 0.3) is 21.9 Å². The number of carboxylic acids is 1. The molecule has 4 rings (SSSR count). The summed E-state index contributed by atoms with van der Waals surface area (Å²) >= 11 is 0. The lowest BCUT2D eigenvalue weighted by molar-refractivity contribution is -0.138. The molecule has 3 aromatic rings. The highest BCUT2D eigenvalue weighted by molar-refractivity contribution is 6.04. The fourth-order valence-corrected chi connectivity index (χ4v) is 3.17. The van der Waals surface area contributed by atoms with E-state index >= 15 is 0 Å². The molecule has 0 radical (unpaired) electrons. The molecule has 1 aliphatic carbocycles. The fraction of sp³-hybridized carbons (Fsp3) is 0.316. The largest absolute Gasteiger partial charge is 0.480 e. The maximum absolute atomic E-state index is 11.1. The second-order valence-corrected chi connectivity index (χ2v) is 6.44. The molecule has 0 amide bonds. The van der Waals surface area contributed by atoms with E-state index in [0.29, 0.717) is 12.5 Å². The summed E-state index contributed by atoms with van der Waals surface area (Å²) in [5.41, 5.74) is 2.90. The first-order chi connectivity index (χ1) is 11.2. The van der Waals surface area contributed by atoms with Crippen LogP contribution in [-0.2, 0) is 11.3 Å². The Labute approximate surface area is 134 Å². The van der Waals surface area contributed by atoms with Crippen LogP contribution < -0.4 is 0 Å². The summed E-state index contributed by atoms with van der Waals surface area (Å²) in [5.74, 6) is -0.0895. The van der Waals surface area contributed by atoms with Crippen LogP contribution in [0.2, 0.25) is 0 Å². The topological polar surface area (TPSA) is 53.7 Å². The van der Waals surface area contributed by atoms with Gasteiger partial charge in [0.25, 0.3) is 0 Å². The maximum atomic E-state index is 11.1. The summed E-state index contributed by atoms with van der Waals surface area (Å²) in [4.78, 5) is 13.1. The van der Waals surface area contributed by atoms with Crippen molar-refractivity contribution in [2.75, 3.05) is 13.1 Å². The second kappa shape index (κ2) is 5.70. The van der Waals surface area contributed by atoms with Gasteiger partial charge in [0.05, 0.1) is 6.54 Å². The lowest BCUT2D eigenvalue weighted by atomic mass is 10.1. The van der Waals surface area contributed by atoms with E-state index in [1.54, 1.807) is 0 Å². The van der Waals surface area contributed by atoms with Crippen molar-refractivity contribution in [3.8, 4) is 0 Å². The first-order valence-electron chi connectivity index (χ1n) is 8.03. The summed E-state index contributed by atoms with van der Waals surface area (Å²) in [5, 5.41) is 11.3. The number of benzene rings is 2. The Balaban J connectivity index is 1.64. The summed E-state index contributed by atoms with van der Waals surface area (Å²) in [6, 6.07) is 14.2. The van der Waals surface area contributed by atoms with Crippen molar-refractivity contribution in [3.05, 3.63) is 48.0 Å². The van der Waals surface area contributed by atoms with E-state index in [9.17, 15) is 4.79 Å². The Morgan fingerprint density at radius 1 is 1.13 bits per heavy atom. The predicted octanol–water partition coefficient (Wildman–Crippen LogP) is 3.88. The molecule has 118 valence electrons. The van der Waals surface area contributed by atoms with Gasteiger partial charge in [-0.3, -0.25) is 9.69 Å². The van der Waals surface area contributed by atoms with Crippen LogP contribution in [0, 0.1) is 5.92 Å². The summed E-state index contributed by atoms with van der Waals surface area (Å²) in [6.45, 7) is 1.63. The van der Waals surface area contributed by atoms with Crippen molar-refractivity contribution in [2.45, 2.75) is 19.4 Å². The molecule has 4 heteroatoms. The summed E-state index contributed by atoms with van der Waals surface area (Å²) in [7, 11) is 0. The monoisotopic (exact) mass is 309 g/mol. The zero-order valence-electron chi connectivity index (χ0n) is 12.9. The van der Waals surface area contributed by atoms with Gasteiger partial charge < -0.3 is 9.52 Å². The van der Waals surface area contributed by atoms with Crippen LogP contribution in [0.4, 0.5) is 0 Å². The van der Waals surface area contributed by atoms with Gasteiger partial charge in [-0.2, -0.15) is 0 Å². The van der Waals surface area contributed by atoms with Crippen LogP contribution >= 0.6 is 0 Å². The molecule has 0 unspecified atom stereocenters. The summed E-state index contributed by atoms with van der Waals surface area (Å²) in [6.07, 6.45) is 2.45. The standard InChI is InChI=1S/C19H19NO3/c21-19(22)12-20(10-13-5-6-13)11-14-7-8-18-16(9-14)15-3-1-2-4-17(15)23-18/h1-4,7-9,13H,5-6,10-12H2,(H,21,22). The number of furan rings is 1. The third kappa shape index (κ3) is 3.08. The predicted molar refractivity (Wildman–Crippen MR) is 89.4 cm³/mol. The lowest BCUT2D eigenvalue weighted by Crippen LogP contribution is -2.31. The maximum Gasteiger partial charge on any atom is 0.317 e. The molecule has 23 heavy (non-hydrogen) atoms. The fourth-order valence-electron chi connectivity index (χ4n) is 3.17. The first kappa shape index (κ1) is 14.3. The van der Waals surface area contributed by atoms with Crippen molar-refractivity contribution in [1.29, 1.82) is 0 Å². The number of fused-ring (bicyclic) bond motifs is 3. The van der Waals surface area contributed by atoms with E-state index < -0.39 is 5.97 Å². The zero-order chi connectivity index (χ0) is 15.8. The number of nitrogens with zero attached hydrogens (tertiary/aromatic N) is 1. The van der Waals surface area contributed by atoms with Gasteiger partial charge in [-0.15, -0.1) is 0 Å². The molecule has 2 aromatic carbocycles. The van der Waals surface area contributed by atoms with Crippen LogP contribution in [0.5, 0.6) is 0 Å². The number of rotatable bonds is 6. The van der Waals surface area contributed by atoms with Gasteiger partial charge in [-0.25, -0.2) is 0 Å². The van der Waals surface area contributed by atoms with Gasteiger partial charge in [0.2, 0.25) is 0 Å². The zero-order valence-corrected chi connectivity index (χ0v) is 12.9. The molecule has 1 N–H and O–H groups in total. The van der Waals surface area contributed by atoms with Crippen molar-refractivity contribution < 1.29 is 14.3 Å². The van der Waals surface area contributed by atoms with Gasteiger partial charge in [-0.05, 0) is 42.5 Å². The lowest BCUT2D eigenvalue weighted by Gasteiger charge is -2.20. The molecule has 4 nitrogen and oxygen atoms in total. The molecule has 1 fully saturated rings. The van der Waals surface area contributed by atoms with Crippen molar-refractivity contribution in [3.63, 3.8) is 0 Å². The minimum absolute atomic E-state index is 0.0979. The highest BCUT2D eigenvalue weighted by Crippen LogP contribution is 2.31. The molecule has 1 aliphatic rings. The number of carboxylic acid groups (broad SMARTS) is 1. The molecule has 0 aliphatic heterocycles. The van der Waals surface area contributed by atoms with E-state index in [-0.39, 0.29) is 6.54 Å². The normalized spacial score (nSPS) is 14.8. The minimum Gasteiger partial charge on any atom is -0.480 e. The van der Waals surface area contributed by atoms with E-state index in [4.69, 9.17) is 9.52 Å². The molecule has 1 saturated carbocycles. The quantitative estimate of drug-likeness (QED) is 0.750. The Kier molecular flexibility index (Phi) is 3.54. The van der Waals surface area contributed by atoms with Crippen LogP contribution in [0.15, 0.2) is 46.9 Å². The molecule has 0 bridgehead atoms. The Morgan fingerprint density at radius 3 is 2.70 bits per heavy atom. The molecular formula is C19H19NO3. The van der Waals surface area contributed by atoms with Gasteiger partial charge >= 0.3 is 5.97 Å². The highest BCUT2D eigenvalue weighted by Gasteiger charge is 2.25. The molecule has 0 spiro atoms. The van der Waals surface area contributed by atoms with Crippen LogP contribution in [-0.4, -0.2) is 29.1 Å². The van der Waals surface area contributed by atoms with E-state index in [2.05, 4.69) is 12.1 Å². The highest BCUT2D eigenvalue weighted by atomic mass is 16.4. The smallest absolute Gasteiger partial charge is 0.317 e. The molecule has 0 atom stereocenters. The Hall–Kier alpha value is -2.33. The third-order valence-electron chi connectivity index (χ3n) is 4.42. The number of para-hydroxylation sites is 1. The molecule has 0 saturated heterocycles. The molecule has 1 aromatic heterocycles. The van der Waals surface area contributed by atoms with Gasteiger partial charge in [-0.1, -0.05) is 24.3 Å². The SMILES string of the molecule is O=C(O)CN(Cc1ccc2oc3ccccc3c2c1)CC1CC1. The second-order valence-electron chi connectivity index (χ2n) is 6.44. The number of hydrogen-bond donors (Lipinski definition) is 1. The van der Waals surface area contributed by atoms with Crippen molar-refractivity contribution in [2.24, 2.45) is 5.92 Å². The molecule has 1 heterocycles. The van der Waals surface area contributed by atoms with Gasteiger partial charge in [0, 0.05) is 23.9 Å². The number of aliphatic carboxylic acids is 1. The minimum atomic E-state index is -0.763. The first-order valence-corrected chi connectivity index (χ1v) is 8.03. The van der Waals surface area contributed by atoms with E-state index in [1.807, 2.05) is 35.2 Å². The van der Waals surface area contributed by atoms with E-state index in [1.165, 1.54) is 12.8 Å².